The first-order valence-electron chi connectivity index (χ1n) is 11.9. The number of nitrogens with two attached hydrogens (primary N) is 1. The van der Waals surface area contributed by atoms with Crippen LogP contribution in [-0.4, -0.2) is 57.2 Å². The second-order valence-corrected chi connectivity index (χ2v) is 8.92. The van der Waals surface area contributed by atoms with Crippen molar-refractivity contribution in [1.29, 1.82) is 0 Å². The van der Waals surface area contributed by atoms with Crippen LogP contribution in [0.3, 0.4) is 0 Å². The fourth-order valence-electron chi connectivity index (χ4n) is 3.62. The summed E-state index contributed by atoms with van der Waals surface area (Å²) in [4.78, 5) is 38.2. The van der Waals surface area contributed by atoms with E-state index in [-0.39, 0.29) is 24.9 Å². The molecule has 39 heavy (non-hydrogen) atoms. The highest BCUT2D eigenvalue weighted by Gasteiger charge is 2.41. The Hall–Kier alpha value is -4.68. The highest BCUT2D eigenvalue weighted by Crippen LogP contribution is 2.35. The largest absolute Gasteiger partial charge is 0.481 e. The van der Waals surface area contributed by atoms with Gasteiger partial charge in [-0.25, -0.2) is 19.3 Å². The topological polar surface area (TPSA) is 165 Å². The predicted molar refractivity (Wildman–Crippen MR) is 140 cm³/mol. The number of aromatic nitrogens is 4. The molecule has 1 amide bonds. The molecular weight excluding hydrogens is 507 g/mol. The monoisotopic (exact) mass is 534 g/mol. The molecule has 0 radical (unpaired) electrons. The summed E-state index contributed by atoms with van der Waals surface area (Å²) in [5.41, 5.74) is 6.75. The van der Waals surface area contributed by atoms with Gasteiger partial charge in [0.2, 0.25) is 18.1 Å². The molecule has 5 rings (SSSR count). The van der Waals surface area contributed by atoms with Crippen molar-refractivity contribution < 1.29 is 28.6 Å². The van der Waals surface area contributed by atoms with E-state index < -0.39 is 17.7 Å². The van der Waals surface area contributed by atoms with E-state index in [4.69, 9.17) is 15.2 Å². The van der Waals surface area contributed by atoms with Crippen LogP contribution in [0.4, 0.5) is 10.3 Å². The lowest BCUT2D eigenvalue weighted by Crippen LogP contribution is -2.42. The molecule has 0 unspecified atom stereocenters. The van der Waals surface area contributed by atoms with E-state index >= 15 is 0 Å². The van der Waals surface area contributed by atoms with Crippen LogP contribution >= 0.6 is 0 Å². The maximum Gasteiger partial charge on any atom is 0.314 e. The van der Waals surface area contributed by atoms with Gasteiger partial charge in [-0.1, -0.05) is 18.2 Å². The van der Waals surface area contributed by atoms with Crippen LogP contribution in [0.25, 0.3) is 22.6 Å². The molecule has 3 heterocycles. The number of carboxylic acids is 1. The summed E-state index contributed by atoms with van der Waals surface area (Å²) in [6.07, 6.45) is 0.741. The SMILES string of the molecule is CNc1nccc(-c2[nH]c(C3OCC(C)(C(=O)O)CO3)nc2-c2ccc(F)cc2)n1.NC(=O)c1ccccc1. The zero-order valence-corrected chi connectivity index (χ0v) is 21.2. The lowest BCUT2D eigenvalue weighted by Gasteiger charge is -2.33. The van der Waals surface area contributed by atoms with Crippen molar-refractivity contribution in [3.63, 3.8) is 0 Å². The lowest BCUT2D eigenvalue weighted by molar-refractivity contribution is -0.236. The highest BCUT2D eigenvalue weighted by atomic mass is 19.1. The van der Waals surface area contributed by atoms with Crippen LogP contribution in [0.15, 0.2) is 66.9 Å². The van der Waals surface area contributed by atoms with Crippen molar-refractivity contribution >= 4 is 17.8 Å². The van der Waals surface area contributed by atoms with Crippen molar-refractivity contribution in [1.82, 2.24) is 19.9 Å². The Morgan fingerprint density at radius 3 is 2.31 bits per heavy atom. The number of halogens is 1. The minimum absolute atomic E-state index is 0.0215. The van der Waals surface area contributed by atoms with Crippen LogP contribution < -0.4 is 11.1 Å². The van der Waals surface area contributed by atoms with Crippen LogP contribution in [0.2, 0.25) is 0 Å². The van der Waals surface area contributed by atoms with Gasteiger partial charge in [0.1, 0.15) is 11.2 Å². The average Bonchev–Trinajstić information content (AvgIpc) is 3.40. The number of aliphatic carboxylic acids is 1. The number of anilines is 1. The standard InChI is InChI=1S/C20H20FN5O4.C7H7NO/c1-20(18(27)28)9-29-17(30-10-20)16-25-14(11-3-5-12(21)6-4-11)15(26-16)13-7-8-23-19(22-2)24-13;8-7(9)6-4-2-1-3-5-6/h3-8,17H,9-10H2,1-2H3,(H,25,26)(H,27,28)(H,22,23,24);1-5H,(H2,8,9). The summed E-state index contributed by atoms with van der Waals surface area (Å²) in [6.45, 7) is 1.52. The van der Waals surface area contributed by atoms with Crippen LogP contribution in [-0.2, 0) is 14.3 Å². The minimum atomic E-state index is -1.12. The number of benzene rings is 2. The summed E-state index contributed by atoms with van der Waals surface area (Å²) in [5.74, 6) is -0.941. The Kier molecular flexibility index (Phi) is 8.27. The Labute approximate surface area is 223 Å². The zero-order valence-electron chi connectivity index (χ0n) is 21.2. The maximum absolute atomic E-state index is 13.4. The molecule has 0 bridgehead atoms. The number of nitrogens with one attached hydrogen (secondary N) is 2. The number of aromatic amines is 1. The second kappa shape index (κ2) is 11.8. The fraction of sp³-hybridized carbons (Fsp3) is 0.222. The van der Waals surface area contributed by atoms with E-state index in [1.807, 2.05) is 6.07 Å². The van der Waals surface area contributed by atoms with Gasteiger partial charge < -0.3 is 30.6 Å². The van der Waals surface area contributed by atoms with Crippen molar-refractivity contribution in [2.45, 2.75) is 13.2 Å². The third-order valence-electron chi connectivity index (χ3n) is 5.88. The van der Waals surface area contributed by atoms with Gasteiger partial charge in [-0.05, 0) is 49.4 Å². The van der Waals surface area contributed by atoms with Crippen molar-refractivity contribution in [3.8, 4) is 22.6 Å². The third kappa shape index (κ3) is 6.43. The number of H-pyrrole nitrogens is 1. The molecular formula is C27H27FN6O5. The quantitative estimate of drug-likeness (QED) is 0.289. The zero-order chi connectivity index (χ0) is 28.0. The van der Waals surface area contributed by atoms with E-state index in [9.17, 15) is 19.1 Å². The van der Waals surface area contributed by atoms with E-state index in [0.29, 0.717) is 40.0 Å². The number of rotatable bonds is 6. The van der Waals surface area contributed by atoms with Gasteiger partial charge in [0.25, 0.3) is 0 Å². The Balaban J connectivity index is 0.000000333. The molecule has 1 aliphatic heterocycles. The van der Waals surface area contributed by atoms with Crippen LogP contribution in [0.1, 0.15) is 29.4 Å². The minimum Gasteiger partial charge on any atom is -0.481 e. The second-order valence-electron chi connectivity index (χ2n) is 8.92. The molecule has 1 fully saturated rings. The number of imidazole rings is 1. The molecule has 11 nitrogen and oxygen atoms in total. The summed E-state index contributed by atoms with van der Waals surface area (Å²) in [6, 6.07) is 16.4. The first-order valence-corrected chi connectivity index (χ1v) is 11.9. The van der Waals surface area contributed by atoms with Crippen LogP contribution in [0.5, 0.6) is 0 Å². The summed E-state index contributed by atoms with van der Waals surface area (Å²) in [7, 11) is 1.71. The molecule has 2 aromatic carbocycles. The first-order chi connectivity index (χ1) is 18.7. The number of carboxylic acid groups (broad SMARTS) is 1. The third-order valence-corrected chi connectivity index (χ3v) is 5.88. The predicted octanol–water partition coefficient (Wildman–Crippen LogP) is 3.64. The molecule has 2 aromatic heterocycles. The van der Waals surface area contributed by atoms with E-state index in [1.165, 1.54) is 12.1 Å². The summed E-state index contributed by atoms with van der Waals surface area (Å²) in [5, 5.41) is 12.2. The number of carbonyl (C=O) groups is 2. The van der Waals surface area contributed by atoms with Crippen molar-refractivity contribution in [2.24, 2.45) is 11.1 Å². The van der Waals surface area contributed by atoms with Crippen LogP contribution in [0, 0.1) is 11.2 Å². The molecule has 1 aliphatic rings. The normalized spacial score (nSPS) is 18.5. The number of nitrogens with zero attached hydrogens (tertiary/aromatic N) is 3. The summed E-state index contributed by atoms with van der Waals surface area (Å²) < 4.78 is 24.7. The van der Waals surface area contributed by atoms with E-state index in [2.05, 4.69) is 25.3 Å². The lowest BCUT2D eigenvalue weighted by atomic mass is 9.92. The van der Waals surface area contributed by atoms with Gasteiger partial charge in [0.05, 0.1) is 30.3 Å². The smallest absolute Gasteiger partial charge is 0.314 e. The first kappa shape index (κ1) is 27.4. The van der Waals surface area contributed by atoms with E-state index in [0.717, 1.165) is 0 Å². The number of ether oxygens (including phenoxy) is 2. The van der Waals surface area contributed by atoms with Gasteiger partial charge in [-0.3, -0.25) is 9.59 Å². The maximum atomic E-state index is 13.4. The van der Waals surface area contributed by atoms with Gasteiger partial charge >= 0.3 is 5.97 Å². The molecule has 0 saturated carbocycles. The molecule has 0 spiro atoms. The van der Waals surface area contributed by atoms with E-state index in [1.54, 1.807) is 62.6 Å². The Bertz CT molecular complexity index is 1440. The number of amides is 1. The molecule has 5 N–H and O–H groups in total. The van der Waals surface area contributed by atoms with Gasteiger partial charge in [-0.15, -0.1) is 0 Å². The van der Waals surface area contributed by atoms with Gasteiger partial charge in [0, 0.05) is 24.4 Å². The number of hydrogen-bond donors (Lipinski definition) is 4. The number of primary amides is 1. The molecule has 202 valence electrons. The average molecular weight is 535 g/mol. The molecule has 1 saturated heterocycles. The van der Waals surface area contributed by atoms with Gasteiger partial charge in [-0.2, -0.15) is 0 Å². The molecule has 0 aliphatic carbocycles. The number of carbonyl (C=O) groups excluding carboxylic acids is 1. The fourth-order valence-corrected chi connectivity index (χ4v) is 3.62. The Morgan fingerprint density at radius 1 is 1.08 bits per heavy atom. The summed E-state index contributed by atoms with van der Waals surface area (Å²) >= 11 is 0. The molecule has 0 atom stereocenters. The Morgan fingerprint density at radius 2 is 1.74 bits per heavy atom. The van der Waals surface area contributed by atoms with Crippen molar-refractivity contribution in [3.05, 3.63) is 84.1 Å². The molecule has 12 heteroatoms. The molecule has 4 aromatic rings. The van der Waals surface area contributed by atoms with Gasteiger partial charge in [0.15, 0.2) is 5.82 Å². The number of hydrogen-bond acceptors (Lipinski definition) is 8. The highest BCUT2D eigenvalue weighted by molar-refractivity contribution is 5.92. The van der Waals surface area contributed by atoms with Crippen molar-refractivity contribution in [2.75, 3.05) is 25.6 Å².